The van der Waals surface area contributed by atoms with E-state index in [-0.39, 0.29) is 13.3 Å². The maximum absolute atomic E-state index is 11.7. The van der Waals surface area contributed by atoms with Crippen molar-refractivity contribution in [3.05, 3.63) is 0 Å². The molecule has 0 heterocycles. The number of rotatable bonds is 3. The minimum Gasteiger partial charge on any atom is -0.294 e. The van der Waals surface area contributed by atoms with E-state index in [0.29, 0.717) is 5.52 Å². The van der Waals surface area contributed by atoms with Gasteiger partial charge in [-0.05, 0) is 20.2 Å². The molecule has 0 atom stereocenters. The molecule has 0 N–H and O–H groups in total. The molecule has 1 nitrogen and oxygen atoms in total. The standard InChI is InChI=1S/C9H19OP/c1-6-11(7-2)8(10)9(3,4)5/h6-7H2,1-5H3. The topological polar surface area (TPSA) is 17.1 Å². The first kappa shape index (κ1) is 11.1. The Hall–Kier alpha value is 0.100. The van der Waals surface area contributed by atoms with Crippen molar-refractivity contribution < 1.29 is 4.79 Å². The first-order valence-corrected chi connectivity index (χ1v) is 5.94. The van der Waals surface area contributed by atoms with Crippen LogP contribution in [0.2, 0.25) is 0 Å². The normalized spacial score (nSPS) is 12.2. The Morgan fingerprint density at radius 3 is 1.64 bits per heavy atom. The smallest absolute Gasteiger partial charge is 0.159 e. The summed E-state index contributed by atoms with van der Waals surface area (Å²) in [4.78, 5) is 11.7. The Labute approximate surface area is 71.3 Å². The van der Waals surface area contributed by atoms with E-state index >= 15 is 0 Å². The highest BCUT2D eigenvalue weighted by molar-refractivity contribution is 7.74. The van der Waals surface area contributed by atoms with Crippen molar-refractivity contribution in [2.75, 3.05) is 12.3 Å². The average Bonchev–Trinajstić information content (AvgIpc) is 1.88. The Morgan fingerprint density at radius 1 is 1.18 bits per heavy atom. The summed E-state index contributed by atoms with van der Waals surface area (Å²) >= 11 is 0. The second kappa shape index (κ2) is 4.21. The summed E-state index contributed by atoms with van der Waals surface area (Å²) in [6.07, 6.45) is 2.09. The molecular formula is C9H19OP. The van der Waals surface area contributed by atoms with Crippen molar-refractivity contribution in [3.8, 4) is 0 Å². The van der Waals surface area contributed by atoms with Gasteiger partial charge in [0.05, 0.1) is 0 Å². The Morgan fingerprint density at radius 2 is 1.55 bits per heavy atom. The fourth-order valence-electron chi connectivity index (χ4n) is 0.985. The number of hydrogen-bond donors (Lipinski definition) is 0. The van der Waals surface area contributed by atoms with Crippen LogP contribution >= 0.6 is 7.92 Å². The molecule has 0 unspecified atom stereocenters. The maximum atomic E-state index is 11.7. The third-order valence-electron chi connectivity index (χ3n) is 1.69. The average molecular weight is 174 g/mol. The molecule has 0 aliphatic heterocycles. The van der Waals surface area contributed by atoms with Gasteiger partial charge in [-0.1, -0.05) is 34.6 Å². The fraction of sp³-hybridized carbons (Fsp3) is 0.889. The van der Waals surface area contributed by atoms with Gasteiger partial charge < -0.3 is 0 Å². The van der Waals surface area contributed by atoms with Crippen molar-refractivity contribution in [2.24, 2.45) is 5.41 Å². The highest BCUT2D eigenvalue weighted by atomic mass is 31.1. The molecular weight excluding hydrogens is 155 g/mol. The van der Waals surface area contributed by atoms with E-state index in [9.17, 15) is 4.79 Å². The third kappa shape index (κ3) is 3.33. The summed E-state index contributed by atoms with van der Waals surface area (Å²) in [6, 6.07) is 0. The van der Waals surface area contributed by atoms with Gasteiger partial charge in [-0.3, -0.25) is 4.79 Å². The van der Waals surface area contributed by atoms with Gasteiger partial charge >= 0.3 is 0 Å². The first-order chi connectivity index (χ1) is 4.93. The van der Waals surface area contributed by atoms with E-state index in [0.717, 1.165) is 12.3 Å². The van der Waals surface area contributed by atoms with Gasteiger partial charge in [-0.15, -0.1) is 0 Å². The molecule has 0 aliphatic rings. The van der Waals surface area contributed by atoms with Crippen molar-refractivity contribution in [3.63, 3.8) is 0 Å². The van der Waals surface area contributed by atoms with E-state index in [1.807, 2.05) is 20.8 Å². The minimum absolute atomic E-state index is 0.127. The molecule has 66 valence electrons. The molecule has 0 aromatic carbocycles. The zero-order chi connectivity index (χ0) is 9.07. The predicted octanol–water partition coefficient (Wildman–Crippen LogP) is 3.08. The van der Waals surface area contributed by atoms with Crippen LogP contribution in [0.15, 0.2) is 0 Å². The Balaban J connectivity index is 4.22. The van der Waals surface area contributed by atoms with Crippen LogP contribution in [0.4, 0.5) is 0 Å². The lowest BCUT2D eigenvalue weighted by Crippen LogP contribution is -2.19. The van der Waals surface area contributed by atoms with Gasteiger partial charge in [0.1, 0.15) is 0 Å². The van der Waals surface area contributed by atoms with Gasteiger partial charge in [-0.2, -0.15) is 0 Å². The van der Waals surface area contributed by atoms with E-state index in [1.54, 1.807) is 0 Å². The highest BCUT2D eigenvalue weighted by Gasteiger charge is 2.26. The second-order valence-corrected chi connectivity index (χ2v) is 6.48. The van der Waals surface area contributed by atoms with Crippen LogP contribution in [0.1, 0.15) is 34.6 Å². The van der Waals surface area contributed by atoms with Crippen molar-refractivity contribution in [1.82, 2.24) is 0 Å². The largest absolute Gasteiger partial charge is 0.294 e. The van der Waals surface area contributed by atoms with Crippen LogP contribution in [0.5, 0.6) is 0 Å². The van der Waals surface area contributed by atoms with Gasteiger partial charge in [0.2, 0.25) is 0 Å². The zero-order valence-corrected chi connectivity index (χ0v) is 9.16. The Kier molecular flexibility index (Phi) is 4.25. The fourth-order valence-corrected chi connectivity index (χ4v) is 2.96. The summed E-state index contributed by atoms with van der Waals surface area (Å²) < 4.78 is 0. The molecule has 0 aromatic heterocycles. The van der Waals surface area contributed by atoms with Crippen LogP contribution in [-0.4, -0.2) is 17.8 Å². The summed E-state index contributed by atoms with van der Waals surface area (Å²) in [5.41, 5.74) is 0.343. The summed E-state index contributed by atoms with van der Waals surface area (Å²) in [5.74, 6) is 0. The predicted molar refractivity (Wildman–Crippen MR) is 52.5 cm³/mol. The van der Waals surface area contributed by atoms with E-state index in [4.69, 9.17) is 0 Å². The van der Waals surface area contributed by atoms with E-state index in [1.165, 1.54) is 0 Å². The van der Waals surface area contributed by atoms with Crippen LogP contribution < -0.4 is 0 Å². The molecule has 0 fully saturated rings. The Bertz CT molecular complexity index is 131. The molecule has 2 heteroatoms. The zero-order valence-electron chi connectivity index (χ0n) is 8.27. The van der Waals surface area contributed by atoms with Gasteiger partial charge in [0.25, 0.3) is 0 Å². The quantitative estimate of drug-likeness (QED) is 0.601. The molecule has 0 amide bonds. The van der Waals surface area contributed by atoms with E-state index in [2.05, 4.69) is 13.8 Å². The summed E-state index contributed by atoms with van der Waals surface area (Å²) in [5, 5.41) is 0. The van der Waals surface area contributed by atoms with Crippen molar-refractivity contribution in [2.45, 2.75) is 34.6 Å². The molecule has 0 bridgehead atoms. The van der Waals surface area contributed by atoms with E-state index < -0.39 is 0 Å². The molecule has 0 spiro atoms. The molecule has 0 saturated heterocycles. The van der Waals surface area contributed by atoms with Crippen molar-refractivity contribution in [1.29, 1.82) is 0 Å². The lowest BCUT2D eigenvalue weighted by Gasteiger charge is -2.22. The maximum Gasteiger partial charge on any atom is 0.159 e. The number of carbonyl (C=O) groups is 1. The monoisotopic (exact) mass is 174 g/mol. The summed E-state index contributed by atoms with van der Waals surface area (Å²) in [6.45, 7) is 10.2. The van der Waals surface area contributed by atoms with Crippen molar-refractivity contribution >= 4 is 13.4 Å². The van der Waals surface area contributed by atoms with Crippen LogP contribution in [-0.2, 0) is 4.79 Å². The number of hydrogen-bond acceptors (Lipinski definition) is 1. The number of carbonyl (C=O) groups excluding carboxylic acids is 1. The molecule has 0 radical (unpaired) electrons. The molecule has 0 aliphatic carbocycles. The second-order valence-electron chi connectivity index (χ2n) is 3.73. The highest BCUT2D eigenvalue weighted by Crippen LogP contribution is 2.42. The molecule has 0 saturated carbocycles. The van der Waals surface area contributed by atoms with Gasteiger partial charge in [0.15, 0.2) is 5.52 Å². The van der Waals surface area contributed by atoms with Crippen LogP contribution in [0, 0.1) is 5.41 Å². The first-order valence-electron chi connectivity index (χ1n) is 4.22. The lowest BCUT2D eigenvalue weighted by molar-refractivity contribution is -0.118. The molecule has 11 heavy (non-hydrogen) atoms. The van der Waals surface area contributed by atoms with Gasteiger partial charge in [-0.25, -0.2) is 0 Å². The van der Waals surface area contributed by atoms with Crippen LogP contribution in [0.3, 0.4) is 0 Å². The lowest BCUT2D eigenvalue weighted by atomic mass is 9.99. The molecule has 0 aromatic rings. The van der Waals surface area contributed by atoms with Gasteiger partial charge in [0, 0.05) is 5.41 Å². The minimum atomic E-state index is -0.344. The summed E-state index contributed by atoms with van der Waals surface area (Å²) in [7, 11) is -0.344. The third-order valence-corrected chi connectivity index (χ3v) is 4.46. The SMILES string of the molecule is CCP(CC)C(=O)C(C)(C)C. The van der Waals surface area contributed by atoms with Crippen LogP contribution in [0.25, 0.3) is 0 Å². The molecule has 0 rings (SSSR count).